The van der Waals surface area contributed by atoms with Crippen LogP contribution in [-0.2, 0) is 0 Å². The van der Waals surface area contributed by atoms with Gasteiger partial charge in [-0.1, -0.05) is 12.1 Å². The smallest absolute Gasteiger partial charge is 0.379 e. The summed E-state index contributed by atoms with van der Waals surface area (Å²) in [4.78, 5) is 4.34. The Hall–Kier alpha value is -1.27. The fraction of sp³-hybridized carbons (Fsp3) is 0.538. The largest absolute Gasteiger partial charge is 0.418 e. The standard InChI is InChI=1S/C13H17F3N2O/c1-17-6-8-18(9-7-17)11-4-2-10(3-5-11)12(19)13(14,15)16/h2-5,12,19H,6-9H2,1H3. The van der Waals surface area contributed by atoms with Crippen molar-refractivity contribution in [3.05, 3.63) is 29.8 Å². The van der Waals surface area contributed by atoms with Crippen LogP contribution in [0.5, 0.6) is 0 Å². The minimum atomic E-state index is -4.62. The van der Waals surface area contributed by atoms with E-state index >= 15 is 0 Å². The highest BCUT2D eigenvalue weighted by Gasteiger charge is 2.39. The van der Waals surface area contributed by atoms with E-state index in [1.807, 2.05) is 7.05 Å². The average Bonchev–Trinajstić information content (AvgIpc) is 2.38. The van der Waals surface area contributed by atoms with Crippen molar-refractivity contribution < 1.29 is 18.3 Å². The van der Waals surface area contributed by atoms with Gasteiger partial charge < -0.3 is 14.9 Å². The highest BCUT2D eigenvalue weighted by Crippen LogP contribution is 2.33. The number of piperazine rings is 1. The van der Waals surface area contributed by atoms with E-state index in [1.54, 1.807) is 12.1 Å². The first-order chi connectivity index (χ1) is 8.88. The maximum Gasteiger partial charge on any atom is 0.418 e. The van der Waals surface area contributed by atoms with Gasteiger partial charge in [0.05, 0.1) is 0 Å². The van der Waals surface area contributed by atoms with E-state index in [4.69, 9.17) is 5.11 Å². The SMILES string of the molecule is CN1CCN(c2ccc(C(O)C(F)(F)F)cc2)CC1. The van der Waals surface area contributed by atoms with Crippen LogP contribution in [0.3, 0.4) is 0 Å². The molecular weight excluding hydrogens is 257 g/mol. The Morgan fingerprint density at radius 2 is 1.58 bits per heavy atom. The zero-order chi connectivity index (χ0) is 14.0. The van der Waals surface area contributed by atoms with Crippen LogP contribution >= 0.6 is 0 Å². The van der Waals surface area contributed by atoms with Gasteiger partial charge >= 0.3 is 6.18 Å². The van der Waals surface area contributed by atoms with Crippen LogP contribution in [0.1, 0.15) is 11.7 Å². The molecule has 1 aromatic rings. The summed E-state index contributed by atoms with van der Waals surface area (Å²) in [6.45, 7) is 3.59. The van der Waals surface area contributed by atoms with E-state index < -0.39 is 12.3 Å². The molecule has 1 fully saturated rings. The first kappa shape index (κ1) is 14.1. The molecule has 1 N–H and O–H groups in total. The van der Waals surface area contributed by atoms with E-state index in [9.17, 15) is 13.2 Å². The molecule has 19 heavy (non-hydrogen) atoms. The number of aliphatic hydroxyl groups is 1. The van der Waals surface area contributed by atoms with Gasteiger partial charge in [0.15, 0.2) is 6.10 Å². The number of benzene rings is 1. The number of hydrogen-bond donors (Lipinski definition) is 1. The summed E-state index contributed by atoms with van der Waals surface area (Å²) in [5, 5.41) is 9.15. The third-order valence-corrected chi connectivity index (χ3v) is 3.39. The molecule has 3 nitrogen and oxygen atoms in total. The van der Waals surface area contributed by atoms with Crippen molar-refractivity contribution in [2.24, 2.45) is 0 Å². The molecular formula is C13H17F3N2O. The minimum absolute atomic E-state index is 0.120. The second-order valence-corrected chi connectivity index (χ2v) is 4.83. The average molecular weight is 274 g/mol. The molecule has 1 aromatic carbocycles. The van der Waals surface area contributed by atoms with Gasteiger partial charge in [-0.3, -0.25) is 0 Å². The van der Waals surface area contributed by atoms with Gasteiger partial charge in [-0.05, 0) is 24.7 Å². The fourth-order valence-corrected chi connectivity index (χ4v) is 2.12. The fourth-order valence-electron chi connectivity index (χ4n) is 2.12. The van der Waals surface area contributed by atoms with E-state index in [-0.39, 0.29) is 5.56 Å². The number of alkyl halides is 3. The first-order valence-electron chi connectivity index (χ1n) is 6.16. The number of nitrogens with zero attached hydrogens (tertiary/aromatic N) is 2. The molecule has 0 aliphatic carbocycles. The highest BCUT2D eigenvalue weighted by atomic mass is 19.4. The summed E-state index contributed by atoms with van der Waals surface area (Å²) in [5.41, 5.74) is 0.775. The predicted molar refractivity (Wildman–Crippen MR) is 67.2 cm³/mol. The van der Waals surface area contributed by atoms with Crippen LogP contribution < -0.4 is 4.90 Å². The van der Waals surface area contributed by atoms with Crippen molar-refractivity contribution in [2.45, 2.75) is 12.3 Å². The lowest BCUT2D eigenvalue weighted by Crippen LogP contribution is -2.44. The quantitative estimate of drug-likeness (QED) is 0.894. The molecule has 1 aliphatic heterocycles. The molecule has 106 valence electrons. The first-order valence-corrected chi connectivity index (χ1v) is 6.16. The van der Waals surface area contributed by atoms with Crippen molar-refractivity contribution in [1.82, 2.24) is 4.90 Å². The third kappa shape index (κ3) is 3.39. The molecule has 6 heteroatoms. The van der Waals surface area contributed by atoms with Crippen molar-refractivity contribution in [1.29, 1.82) is 0 Å². The Kier molecular flexibility index (Phi) is 4.01. The summed E-state index contributed by atoms with van der Waals surface area (Å²) in [5.74, 6) is 0. The topological polar surface area (TPSA) is 26.7 Å². The van der Waals surface area contributed by atoms with Gasteiger partial charge in [0, 0.05) is 31.9 Å². The molecule has 1 heterocycles. The Bertz CT molecular complexity index is 411. The Balaban J connectivity index is 2.06. The van der Waals surface area contributed by atoms with Gasteiger partial charge in [-0.2, -0.15) is 13.2 Å². The van der Waals surface area contributed by atoms with Gasteiger partial charge in [-0.15, -0.1) is 0 Å². The minimum Gasteiger partial charge on any atom is -0.379 e. The van der Waals surface area contributed by atoms with Crippen LogP contribution in [-0.4, -0.2) is 49.4 Å². The number of rotatable bonds is 2. The number of anilines is 1. The lowest BCUT2D eigenvalue weighted by Gasteiger charge is -2.34. The van der Waals surface area contributed by atoms with Crippen molar-refractivity contribution in [2.75, 3.05) is 38.1 Å². The zero-order valence-electron chi connectivity index (χ0n) is 10.7. The number of likely N-dealkylation sites (N-methyl/N-ethyl adjacent to an activating group) is 1. The van der Waals surface area contributed by atoms with Crippen molar-refractivity contribution >= 4 is 5.69 Å². The van der Waals surface area contributed by atoms with E-state index in [1.165, 1.54) is 12.1 Å². The summed E-state index contributed by atoms with van der Waals surface area (Å²) in [7, 11) is 2.04. The number of aliphatic hydroxyl groups excluding tert-OH is 1. The van der Waals surface area contributed by atoms with E-state index in [0.29, 0.717) is 0 Å². The van der Waals surface area contributed by atoms with Crippen molar-refractivity contribution in [3.63, 3.8) is 0 Å². The van der Waals surface area contributed by atoms with Crippen LogP contribution in [0, 0.1) is 0 Å². The second kappa shape index (κ2) is 5.38. The Morgan fingerprint density at radius 3 is 2.05 bits per heavy atom. The van der Waals surface area contributed by atoms with E-state index in [2.05, 4.69) is 9.80 Å². The molecule has 2 rings (SSSR count). The molecule has 0 bridgehead atoms. The highest BCUT2D eigenvalue weighted by molar-refractivity contribution is 5.48. The lowest BCUT2D eigenvalue weighted by atomic mass is 10.1. The molecule has 0 radical (unpaired) electrons. The molecule has 1 saturated heterocycles. The molecule has 0 amide bonds. The maximum absolute atomic E-state index is 12.4. The van der Waals surface area contributed by atoms with Crippen molar-refractivity contribution in [3.8, 4) is 0 Å². The van der Waals surface area contributed by atoms with Gasteiger partial charge in [0.2, 0.25) is 0 Å². The molecule has 1 unspecified atom stereocenters. The predicted octanol–water partition coefficient (Wildman–Crippen LogP) is 2.03. The Morgan fingerprint density at radius 1 is 1.05 bits per heavy atom. The van der Waals surface area contributed by atoms with Crippen LogP contribution in [0.15, 0.2) is 24.3 Å². The van der Waals surface area contributed by atoms with E-state index in [0.717, 1.165) is 31.9 Å². The van der Waals surface area contributed by atoms with Crippen LogP contribution in [0.4, 0.5) is 18.9 Å². The molecule has 1 aliphatic rings. The number of halogens is 3. The molecule has 0 spiro atoms. The number of hydrogen-bond acceptors (Lipinski definition) is 3. The molecule has 0 saturated carbocycles. The maximum atomic E-state index is 12.4. The van der Waals surface area contributed by atoms with Gasteiger partial charge in [0.25, 0.3) is 0 Å². The zero-order valence-corrected chi connectivity index (χ0v) is 10.7. The molecule has 1 atom stereocenters. The summed E-state index contributed by atoms with van der Waals surface area (Å²) in [6.07, 6.45) is -7.02. The third-order valence-electron chi connectivity index (χ3n) is 3.39. The summed E-state index contributed by atoms with van der Waals surface area (Å²) < 4.78 is 37.1. The summed E-state index contributed by atoms with van der Waals surface area (Å²) >= 11 is 0. The molecule has 0 aromatic heterocycles. The van der Waals surface area contributed by atoms with Crippen LogP contribution in [0.2, 0.25) is 0 Å². The monoisotopic (exact) mass is 274 g/mol. The van der Waals surface area contributed by atoms with Gasteiger partial charge in [0.1, 0.15) is 0 Å². The summed E-state index contributed by atoms with van der Waals surface area (Å²) in [6, 6.07) is 5.95. The normalized spacial score (nSPS) is 19.5. The van der Waals surface area contributed by atoms with Crippen LogP contribution in [0.25, 0.3) is 0 Å². The second-order valence-electron chi connectivity index (χ2n) is 4.83. The lowest BCUT2D eigenvalue weighted by molar-refractivity contribution is -0.206. The van der Waals surface area contributed by atoms with Gasteiger partial charge in [-0.25, -0.2) is 0 Å². The Labute approximate surface area is 110 Å².